The summed E-state index contributed by atoms with van der Waals surface area (Å²) in [6, 6.07) is 10.4. The number of H-pyrrole nitrogens is 1. The van der Waals surface area contributed by atoms with E-state index in [9.17, 15) is 22.8 Å². The number of benzene rings is 2. The number of alkyl halides is 1. The molecule has 3 aromatic rings. The summed E-state index contributed by atoms with van der Waals surface area (Å²) in [5.41, 5.74) is 0.590. The molecule has 41 heavy (non-hydrogen) atoms. The van der Waals surface area contributed by atoms with E-state index in [0.29, 0.717) is 23.9 Å². The summed E-state index contributed by atoms with van der Waals surface area (Å²) in [4.78, 5) is 37.7. The fraction of sp³-hybridized carbons (Fsp3) is 0.231. The van der Waals surface area contributed by atoms with E-state index in [4.69, 9.17) is 23.2 Å². The van der Waals surface area contributed by atoms with Crippen LogP contribution in [-0.2, 0) is 14.8 Å². The van der Waals surface area contributed by atoms with Gasteiger partial charge in [-0.05, 0) is 43.2 Å². The number of hydrogen-bond donors (Lipinski definition) is 4. The number of amides is 3. The van der Waals surface area contributed by atoms with E-state index >= 15 is 0 Å². The molecule has 2 heterocycles. The lowest BCUT2D eigenvalue weighted by molar-refractivity contribution is -0.111. The number of carbonyl (C=O) groups excluding carboxylic acids is 3. The maximum absolute atomic E-state index is 13.3. The Hall–Kier alpha value is -3.23. The molecular weight excluding hydrogens is 659 g/mol. The number of piperidine rings is 1. The van der Waals surface area contributed by atoms with Crippen molar-refractivity contribution in [1.29, 1.82) is 0 Å². The normalized spacial score (nSPS) is 14.6. The van der Waals surface area contributed by atoms with Gasteiger partial charge < -0.3 is 16.0 Å². The summed E-state index contributed by atoms with van der Waals surface area (Å²) in [6.07, 6.45) is 5.00. The van der Waals surface area contributed by atoms with Gasteiger partial charge in [0.25, 0.3) is 11.8 Å². The Balaban J connectivity index is 1.36. The van der Waals surface area contributed by atoms with E-state index in [1.165, 1.54) is 40.8 Å². The van der Waals surface area contributed by atoms with Crippen molar-refractivity contribution in [2.24, 2.45) is 0 Å². The van der Waals surface area contributed by atoms with E-state index in [1.807, 2.05) is 0 Å². The summed E-state index contributed by atoms with van der Waals surface area (Å²) < 4.78 is 27.9. The van der Waals surface area contributed by atoms with Crippen molar-refractivity contribution in [1.82, 2.24) is 19.8 Å². The van der Waals surface area contributed by atoms with Crippen molar-refractivity contribution >= 4 is 78.3 Å². The molecule has 2 aromatic carbocycles. The van der Waals surface area contributed by atoms with Gasteiger partial charge in [-0.2, -0.15) is 9.40 Å². The summed E-state index contributed by atoms with van der Waals surface area (Å²) in [5.74, 6) is -1.49. The molecule has 1 aromatic heterocycles. The molecule has 0 aliphatic carbocycles. The van der Waals surface area contributed by atoms with Gasteiger partial charge in [-0.15, -0.1) is 0 Å². The van der Waals surface area contributed by atoms with Gasteiger partial charge in [0.05, 0.1) is 32.4 Å². The molecule has 0 saturated carbocycles. The lowest BCUT2D eigenvalue weighted by atomic mass is 10.1. The second kappa shape index (κ2) is 13.6. The Morgan fingerprint density at radius 3 is 2.41 bits per heavy atom. The molecule has 1 saturated heterocycles. The number of hydrogen-bond acceptors (Lipinski definition) is 6. The zero-order valence-corrected chi connectivity index (χ0v) is 25.3. The highest BCUT2D eigenvalue weighted by molar-refractivity contribution is 9.09. The molecule has 0 atom stereocenters. The van der Waals surface area contributed by atoms with Crippen LogP contribution in [0, 0.1) is 0 Å². The van der Waals surface area contributed by atoms with Crippen LogP contribution in [0.15, 0.2) is 65.7 Å². The first-order chi connectivity index (χ1) is 19.6. The van der Waals surface area contributed by atoms with Gasteiger partial charge in [0.1, 0.15) is 5.69 Å². The van der Waals surface area contributed by atoms with Crippen LogP contribution < -0.4 is 16.0 Å². The second-order valence-corrected chi connectivity index (χ2v) is 12.3. The first kappa shape index (κ1) is 30.7. The van der Waals surface area contributed by atoms with Crippen LogP contribution in [0.4, 0.5) is 11.4 Å². The van der Waals surface area contributed by atoms with Crippen LogP contribution >= 0.6 is 39.1 Å². The smallest absolute Gasteiger partial charge is 0.271 e. The molecule has 3 amide bonds. The van der Waals surface area contributed by atoms with E-state index in [0.717, 1.165) is 0 Å². The lowest BCUT2D eigenvalue weighted by Gasteiger charge is -2.31. The highest BCUT2D eigenvalue weighted by atomic mass is 79.9. The van der Waals surface area contributed by atoms with Gasteiger partial charge in [0.15, 0.2) is 0 Å². The molecule has 15 heteroatoms. The lowest BCUT2D eigenvalue weighted by Crippen LogP contribution is -2.46. The van der Waals surface area contributed by atoms with E-state index in [-0.39, 0.29) is 56.9 Å². The molecule has 4 N–H and O–H groups in total. The number of anilines is 2. The second-order valence-electron chi connectivity index (χ2n) is 8.94. The van der Waals surface area contributed by atoms with E-state index in [2.05, 4.69) is 42.1 Å². The largest absolute Gasteiger partial charge is 0.348 e. The third kappa shape index (κ3) is 7.54. The molecule has 1 aliphatic heterocycles. The Morgan fingerprint density at radius 1 is 1.05 bits per heavy atom. The number of aromatic nitrogens is 2. The van der Waals surface area contributed by atoms with Crippen LogP contribution in [0.2, 0.25) is 10.0 Å². The number of nitrogens with one attached hydrogen (secondary N) is 4. The molecule has 0 radical (unpaired) electrons. The van der Waals surface area contributed by atoms with Gasteiger partial charge in [0.2, 0.25) is 15.9 Å². The zero-order chi connectivity index (χ0) is 29.6. The highest BCUT2D eigenvalue weighted by Crippen LogP contribution is 2.26. The Bertz CT molecular complexity index is 1570. The van der Waals surface area contributed by atoms with Crippen molar-refractivity contribution in [2.45, 2.75) is 23.8 Å². The molecule has 0 spiro atoms. The number of aromatic amines is 1. The molecule has 1 fully saturated rings. The molecule has 1 aliphatic rings. The van der Waals surface area contributed by atoms with Crippen LogP contribution in [0.1, 0.15) is 33.7 Å². The maximum Gasteiger partial charge on any atom is 0.271 e. The van der Waals surface area contributed by atoms with Crippen LogP contribution in [0.25, 0.3) is 0 Å². The van der Waals surface area contributed by atoms with Crippen molar-refractivity contribution in [2.75, 3.05) is 29.1 Å². The minimum Gasteiger partial charge on any atom is -0.348 e. The molecular formula is C26H25BrCl2N6O5S. The third-order valence-electron chi connectivity index (χ3n) is 6.19. The Morgan fingerprint density at radius 2 is 1.73 bits per heavy atom. The van der Waals surface area contributed by atoms with Crippen LogP contribution in [-0.4, -0.2) is 65.1 Å². The molecule has 0 unspecified atom stereocenters. The quantitative estimate of drug-likeness (QED) is 0.193. The standard InChI is InChI=1S/C26H25BrCl2N6O5S/c27-11-3-8-22(36)31-17-4-1-5-18(14-17)41(39,40)35-12-9-16(10-13-35)32-26(38)24-21(15-30-34-24)33-25(37)23-19(28)6-2-7-20(23)29/h1-8,14-16H,9-13H2,(H,30,34)(H,31,36)(H,32,38)(H,33,37)/b8-3+. The Kier molecular flexibility index (Phi) is 10.2. The minimum absolute atomic E-state index is 0.0291. The average Bonchev–Trinajstić information content (AvgIpc) is 3.40. The number of rotatable bonds is 9. The summed E-state index contributed by atoms with van der Waals surface area (Å²) in [5, 5.41) is 15.4. The number of nitrogens with zero attached hydrogens (tertiary/aromatic N) is 2. The molecule has 4 rings (SSSR count). The number of allylic oxidation sites excluding steroid dienone is 1. The van der Waals surface area contributed by atoms with Crippen molar-refractivity contribution in [3.05, 3.63) is 82.1 Å². The summed E-state index contributed by atoms with van der Waals surface area (Å²) >= 11 is 15.4. The van der Waals surface area contributed by atoms with E-state index < -0.39 is 21.8 Å². The predicted molar refractivity (Wildman–Crippen MR) is 160 cm³/mol. The highest BCUT2D eigenvalue weighted by Gasteiger charge is 2.31. The van der Waals surface area contributed by atoms with Crippen molar-refractivity contribution in [3.63, 3.8) is 0 Å². The Labute approximate surface area is 254 Å². The van der Waals surface area contributed by atoms with Gasteiger partial charge in [-0.1, -0.05) is 57.3 Å². The zero-order valence-electron chi connectivity index (χ0n) is 21.4. The van der Waals surface area contributed by atoms with Crippen molar-refractivity contribution < 1.29 is 22.8 Å². The predicted octanol–water partition coefficient (Wildman–Crippen LogP) is 4.44. The van der Waals surface area contributed by atoms with Gasteiger partial charge >= 0.3 is 0 Å². The average molecular weight is 684 g/mol. The summed E-state index contributed by atoms with van der Waals surface area (Å²) in [7, 11) is -3.83. The number of carbonyl (C=O) groups is 3. The fourth-order valence-corrected chi connectivity index (χ4v) is 6.44. The third-order valence-corrected chi connectivity index (χ3v) is 9.09. The van der Waals surface area contributed by atoms with Crippen LogP contribution in [0.5, 0.6) is 0 Å². The fourth-order valence-electron chi connectivity index (χ4n) is 4.17. The number of halogens is 3. The number of sulfonamides is 1. The van der Waals surface area contributed by atoms with Gasteiger partial charge in [-0.3, -0.25) is 19.5 Å². The van der Waals surface area contributed by atoms with Gasteiger partial charge in [-0.25, -0.2) is 8.42 Å². The SMILES string of the molecule is O=C(/C=C/CBr)Nc1cccc(S(=O)(=O)N2CCC(NC(=O)c3[nH]ncc3NC(=O)c3c(Cl)cccc3Cl)CC2)c1. The monoisotopic (exact) mass is 682 g/mol. The van der Waals surface area contributed by atoms with E-state index in [1.54, 1.807) is 24.3 Å². The summed E-state index contributed by atoms with van der Waals surface area (Å²) in [6.45, 7) is 0.352. The molecule has 11 nitrogen and oxygen atoms in total. The molecule has 216 valence electrons. The van der Waals surface area contributed by atoms with Crippen molar-refractivity contribution in [3.8, 4) is 0 Å². The first-order valence-electron chi connectivity index (χ1n) is 12.3. The maximum atomic E-state index is 13.3. The molecule has 0 bridgehead atoms. The minimum atomic E-state index is -3.83. The first-order valence-corrected chi connectivity index (χ1v) is 15.6. The topological polar surface area (TPSA) is 153 Å². The van der Waals surface area contributed by atoms with Crippen LogP contribution in [0.3, 0.4) is 0 Å². The van der Waals surface area contributed by atoms with Gasteiger partial charge in [0, 0.05) is 36.2 Å².